The summed E-state index contributed by atoms with van der Waals surface area (Å²) in [6, 6.07) is 4.78. The average molecular weight is 341 g/mol. The molecule has 0 aliphatic rings. The summed E-state index contributed by atoms with van der Waals surface area (Å²) in [6.45, 7) is 0.0576. The lowest BCUT2D eigenvalue weighted by atomic mass is 10.1. The van der Waals surface area contributed by atoms with Crippen LogP contribution in [-0.4, -0.2) is 10.1 Å². The molecule has 0 saturated heterocycles. The number of hydrogen-bond acceptors (Lipinski definition) is 6. The first-order chi connectivity index (χ1) is 11.3. The van der Waals surface area contributed by atoms with Gasteiger partial charge in [-0.3, -0.25) is 9.59 Å². The molecule has 1 aromatic heterocycles. The van der Waals surface area contributed by atoms with Crippen LogP contribution in [0.15, 0.2) is 38.4 Å². The van der Waals surface area contributed by atoms with Gasteiger partial charge in [-0.15, -0.1) is 0 Å². The van der Waals surface area contributed by atoms with Crippen LogP contribution in [0.2, 0.25) is 0 Å². The van der Waals surface area contributed by atoms with Crippen molar-refractivity contribution in [2.45, 2.75) is 12.7 Å². The molecule has 0 bridgehead atoms. The smallest absolute Gasteiger partial charge is 0.378 e. The third kappa shape index (κ3) is 2.90. The van der Waals surface area contributed by atoms with E-state index in [0.717, 1.165) is 12.1 Å². The van der Waals surface area contributed by atoms with Crippen LogP contribution in [0.25, 0.3) is 11.4 Å². The van der Waals surface area contributed by atoms with Crippen molar-refractivity contribution in [3.63, 3.8) is 0 Å². The summed E-state index contributed by atoms with van der Waals surface area (Å²) in [6.07, 6.45) is -4.81. The minimum Gasteiger partial charge on any atom is -0.378 e. The molecule has 0 saturated carbocycles. The molecule has 2 aromatic carbocycles. The minimum absolute atomic E-state index is 0.0576. The molecule has 0 aliphatic heterocycles. The Bertz CT molecular complexity index is 970. The summed E-state index contributed by atoms with van der Waals surface area (Å²) in [4.78, 5) is 25.0. The molecular weight excluding hydrogens is 334 g/mol. The summed E-state index contributed by atoms with van der Waals surface area (Å²) in [5.41, 5.74) is -0.997. The number of rotatable bonds is 4. The van der Waals surface area contributed by atoms with E-state index in [0.29, 0.717) is 5.56 Å². The molecule has 0 atom stereocenters. The van der Waals surface area contributed by atoms with Gasteiger partial charge in [-0.2, -0.15) is 18.2 Å². The third-order valence-corrected chi connectivity index (χ3v) is 3.17. The Balaban J connectivity index is 1.77. The molecule has 0 spiro atoms. The normalized spacial score (nSPS) is 11.8. The first-order valence-corrected chi connectivity index (χ1v) is 6.49. The van der Waals surface area contributed by atoms with Gasteiger partial charge in [0.15, 0.2) is 0 Å². The van der Waals surface area contributed by atoms with E-state index in [2.05, 4.69) is 20.0 Å². The fraction of sp³-hybridized carbons (Fsp3) is 0.143. The van der Waals surface area contributed by atoms with Gasteiger partial charge in [-0.25, -0.2) is 4.39 Å². The summed E-state index contributed by atoms with van der Waals surface area (Å²) >= 11 is 0. The molecule has 1 heterocycles. The van der Waals surface area contributed by atoms with Crippen LogP contribution in [0.1, 0.15) is 11.5 Å². The van der Waals surface area contributed by atoms with E-state index < -0.39 is 34.6 Å². The van der Waals surface area contributed by atoms with Gasteiger partial charge in [0.1, 0.15) is 5.82 Å². The van der Waals surface area contributed by atoms with Gasteiger partial charge in [-0.05, 0) is 17.7 Å². The monoisotopic (exact) mass is 341 g/mol. The van der Waals surface area contributed by atoms with Crippen LogP contribution in [0.4, 0.5) is 23.2 Å². The molecule has 1 N–H and O–H groups in total. The highest BCUT2D eigenvalue weighted by atomic mass is 19.4. The Labute approximate surface area is 130 Å². The van der Waals surface area contributed by atoms with Crippen LogP contribution in [0.3, 0.4) is 0 Å². The van der Waals surface area contributed by atoms with Crippen molar-refractivity contribution in [3.05, 3.63) is 62.0 Å². The lowest BCUT2D eigenvalue weighted by molar-refractivity contribution is -0.159. The summed E-state index contributed by atoms with van der Waals surface area (Å²) < 4.78 is 55.3. The molecule has 10 heteroatoms. The molecule has 124 valence electrons. The van der Waals surface area contributed by atoms with E-state index in [1.54, 1.807) is 0 Å². The SMILES string of the molecule is O=c1cc(NCc2ccc(-c3noc(C(F)(F)F)n3)c(F)c2)c1=O. The molecule has 0 aliphatic carbocycles. The largest absolute Gasteiger partial charge is 0.471 e. The fourth-order valence-electron chi connectivity index (χ4n) is 1.94. The van der Waals surface area contributed by atoms with Crippen molar-refractivity contribution in [2.75, 3.05) is 5.32 Å². The summed E-state index contributed by atoms with van der Waals surface area (Å²) in [7, 11) is 0. The van der Waals surface area contributed by atoms with Gasteiger partial charge in [0.25, 0.3) is 0 Å². The molecule has 0 unspecified atom stereocenters. The van der Waals surface area contributed by atoms with Crippen LogP contribution in [-0.2, 0) is 12.7 Å². The molecule has 6 nitrogen and oxygen atoms in total. The number of halogens is 4. The van der Waals surface area contributed by atoms with Crippen LogP contribution in [0.5, 0.6) is 0 Å². The van der Waals surface area contributed by atoms with Gasteiger partial charge >= 0.3 is 12.1 Å². The highest BCUT2D eigenvalue weighted by Crippen LogP contribution is 2.30. The Morgan fingerprint density at radius 3 is 2.46 bits per heavy atom. The summed E-state index contributed by atoms with van der Waals surface area (Å²) in [5.74, 6) is -2.95. The van der Waals surface area contributed by atoms with Crippen molar-refractivity contribution in [1.82, 2.24) is 10.1 Å². The first-order valence-electron chi connectivity index (χ1n) is 6.49. The maximum absolute atomic E-state index is 14.0. The zero-order valence-electron chi connectivity index (χ0n) is 11.6. The second-order valence-electron chi connectivity index (χ2n) is 4.84. The number of nitrogens with zero attached hydrogens (tertiary/aromatic N) is 2. The van der Waals surface area contributed by atoms with Crippen molar-refractivity contribution < 1.29 is 22.1 Å². The fourth-order valence-corrected chi connectivity index (χ4v) is 1.94. The van der Waals surface area contributed by atoms with Crippen LogP contribution >= 0.6 is 0 Å². The lowest BCUT2D eigenvalue weighted by Crippen LogP contribution is -2.32. The molecule has 0 amide bonds. The van der Waals surface area contributed by atoms with E-state index in [1.165, 1.54) is 12.1 Å². The quantitative estimate of drug-likeness (QED) is 0.578. The lowest BCUT2D eigenvalue weighted by Gasteiger charge is -2.07. The van der Waals surface area contributed by atoms with Crippen LogP contribution < -0.4 is 16.2 Å². The number of alkyl halides is 3. The van der Waals surface area contributed by atoms with Gasteiger partial charge in [0, 0.05) is 12.6 Å². The highest BCUT2D eigenvalue weighted by Gasteiger charge is 2.38. The van der Waals surface area contributed by atoms with E-state index in [9.17, 15) is 27.2 Å². The zero-order chi connectivity index (χ0) is 17.5. The highest BCUT2D eigenvalue weighted by molar-refractivity contribution is 5.56. The standard InChI is InChI=1S/C14H7F4N3O3/c15-8-3-6(5-19-9-4-10(22)11(9)23)1-2-7(8)12-20-13(24-21-12)14(16,17)18/h1-4,19H,5H2. The van der Waals surface area contributed by atoms with E-state index in [4.69, 9.17) is 0 Å². The van der Waals surface area contributed by atoms with E-state index >= 15 is 0 Å². The number of benzene rings is 1. The number of hydrogen-bond donors (Lipinski definition) is 1. The molecule has 3 rings (SSSR count). The Morgan fingerprint density at radius 1 is 1.17 bits per heavy atom. The second kappa shape index (κ2) is 5.55. The Morgan fingerprint density at radius 2 is 1.92 bits per heavy atom. The Hall–Kier alpha value is -3.04. The van der Waals surface area contributed by atoms with Gasteiger partial charge < -0.3 is 9.84 Å². The first kappa shape index (κ1) is 15.8. The second-order valence-corrected chi connectivity index (χ2v) is 4.84. The zero-order valence-corrected chi connectivity index (χ0v) is 11.6. The molecule has 0 radical (unpaired) electrons. The average Bonchev–Trinajstić information content (AvgIpc) is 3.01. The maximum Gasteiger partial charge on any atom is 0.471 e. The van der Waals surface area contributed by atoms with E-state index in [1.807, 2.05) is 0 Å². The molecular formula is C14H7F4N3O3. The predicted molar refractivity (Wildman–Crippen MR) is 73.4 cm³/mol. The number of nitrogens with one attached hydrogen (secondary N) is 1. The van der Waals surface area contributed by atoms with Crippen molar-refractivity contribution in [1.29, 1.82) is 0 Å². The molecule has 0 fully saturated rings. The van der Waals surface area contributed by atoms with E-state index in [-0.39, 0.29) is 17.8 Å². The van der Waals surface area contributed by atoms with Crippen molar-refractivity contribution in [3.8, 4) is 11.4 Å². The third-order valence-electron chi connectivity index (χ3n) is 3.17. The summed E-state index contributed by atoms with van der Waals surface area (Å²) in [5, 5.41) is 5.76. The van der Waals surface area contributed by atoms with Crippen molar-refractivity contribution >= 4 is 5.69 Å². The minimum atomic E-state index is -4.81. The van der Waals surface area contributed by atoms with Crippen molar-refractivity contribution in [2.24, 2.45) is 0 Å². The Kier molecular flexibility index (Phi) is 3.66. The van der Waals surface area contributed by atoms with Gasteiger partial charge in [0.05, 0.1) is 11.3 Å². The maximum atomic E-state index is 14.0. The number of anilines is 1. The van der Waals surface area contributed by atoms with Crippen LogP contribution in [0, 0.1) is 5.82 Å². The molecule has 24 heavy (non-hydrogen) atoms. The number of aromatic nitrogens is 2. The predicted octanol–water partition coefficient (Wildman–Crippen LogP) is 2.10. The van der Waals surface area contributed by atoms with Gasteiger partial charge in [-0.1, -0.05) is 11.2 Å². The van der Waals surface area contributed by atoms with Gasteiger partial charge in [0.2, 0.25) is 16.7 Å². The topological polar surface area (TPSA) is 85.1 Å². The molecule has 3 aromatic rings.